The summed E-state index contributed by atoms with van der Waals surface area (Å²) in [5.74, 6) is -0.284. The second-order valence-corrected chi connectivity index (χ2v) is 5.72. The molecule has 0 aromatic rings. The average molecular weight is 214 g/mol. The number of aliphatic hydroxyl groups excluding tert-OH is 1. The van der Waals surface area contributed by atoms with Gasteiger partial charge in [-0.3, -0.25) is 4.79 Å². The standard InChI is InChI=1S/C11H22N2O2/c1-10(2)5-8(12-9(15)7-14)6-11(3,4)13-10/h8,13-14H,5-7H2,1-4H3,(H,12,15). The molecule has 1 aliphatic rings. The minimum absolute atomic E-state index is 0.0230. The number of aliphatic hydroxyl groups is 1. The van der Waals surface area contributed by atoms with E-state index < -0.39 is 6.61 Å². The second-order valence-electron chi connectivity index (χ2n) is 5.72. The topological polar surface area (TPSA) is 61.4 Å². The zero-order chi connectivity index (χ0) is 11.7. The number of nitrogens with one attached hydrogen (secondary N) is 2. The Morgan fingerprint density at radius 1 is 1.33 bits per heavy atom. The van der Waals surface area contributed by atoms with E-state index in [1.807, 2.05) is 0 Å². The van der Waals surface area contributed by atoms with Gasteiger partial charge in [0.25, 0.3) is 0 Å². The molecule has 0 bridgehead atoms. The number of piperidine rings is 1. The Morgan fingerprint density at radius 3 is 2.20 bits per heavy atom. The van der Waals surface area contributed by atoms with E-state index >= 15 is 0 Å². The first-order chi connectivity index (χ1) is 6.74. The molecule has 1 aliphatic heterocycles. The van der Waals surface area contributed by atoms with Crippen molar-refractivity contribution in [3.05, 3.63) is 0 Å². The number of hydrogen-bond donors (Lipinski definition) is 3. The Hall–Kier alpha value is -0.610. The van der Waals surface area contributed by atoms with E-state index in [9.17, 15) is 4.79 Å². The average Bonchev–Trinajstić information content (AvgIpc) is 1.97. The van der Waals surface area contributed by atoms with Gasteiger partial charge in [0.1, 0.15) is 6.61 Å². The SMILES string of the molecule is CC1(C)CC(NC(=O)CO)CC(C)(C)N1. The molecular formula is C11H22N2O2. The third-order valence-electron chi connectivity index (χ3n) is 2.70. The predicted octanol–water partition coefficient (Wildman–Crippen LogP) is 0.404. The van der Waals surface area contributed by atoms with Crippen molar-refractivity contribution in [1.29, 1.82) is 0 Å². The molecule has 3 N–H and O–H groups in total. The van der Waals surface area contributed by atoms with Crippen LogP contribution in [0.25, 0.3) is 0 Å². The lowest BCUT2D eigenvalue weighted by molar-refractivity contribution is -0.125. The highest BCUT2D eigenvalue weighted by molar-refractivity contribution is 5.77. The van der Waals surface area contributed by atoms with Gasteiger partial charge in [-0.1, -0.05) is 0 Å². The lowest BCUT2D eigenvalue weighted by Gasteiger charge is -2.46. The van der Waals surface area contributed by atoms with E-state index in [1.54, 1.807) is 0 Å². The molecule has 1 rings (SSSR count). The fourth-order valence-corrected chi connectivity index (χ4v) is 2.70. The molecule has 1 fully saturated rings. The summed E-state index contributed by atoms with van der Waals surface area (Å²) in [6.07, 6.45) is 1.78. The van der Waals surface area contributed by atoms with Crippen LogP contribution in [0.5, 0.6) is 0 Å². The molecular weight excluding hydrogens is 192 g/mol. The number of carbonyl (C=O) groups excluding carboxylic acids is 1. The quantitative estimate of drug-likeness (QED) is 0.623. The normalized spacial score (nSPS) is 24.9. The first-order valence-electron chi connectivity index (χ1n) is 5.44. The van der Waals surface area contributed by atoms with Crippen molar-refractivity contribution >= 4 is 5.91 Å². The number of rotatable bonds is 2. The van der Waals surface area contributed by atoms with Crippen LogP contribution in [-0.4, -0.2) is 34.7 Å². The summed E-state index contributed by atoms with van der Waals surface area (Å²) in [4.78, 5) is 11.1. The summed E-state index contributed by atoms with van der Waals surface area (Å²) in [5.41, 5.74) is 0.0459. The molecule has 4 heteroatoms. The van der Waals surface area contributed by atoms with E-state index in [0.717, 1.165) is 12.8 Å². The number of hydrogen-bond acceptors (Lipinski definition) is 3. The molecule has 1 saturated heterocycles. The largest absolute Gasteiger partial charge is 0.387 e. The zero-order valence-electron chi connectivity index (χ0n) is 10.1. The van der Waals surface area contributed by atoms with Crippen LogP contribution in [0.4, 0.5) is 0 Å². The van der Waals surface area contributed by atoms with E-state index in [-0.39, 0.29) is 23.0 Å². The predicted molar refractivity (Wildman–Crippen MR) is 59.5 cm³/mol. The monoisotopic (exact) mass is 214 g/mol. The van der Waals surface area contributed by atoms with Crippen molar-refractivity contribution in [3.8, 4) is 0 Å². The van der Waals surface area contributed by atoms with Crippen molar-refractivity contribution in [2.45, 2.75) is 57.7 Å². The lowest BCUT2D eigenvalue weighted by Crippen LogP contribution is -2.62. The van der Waals surface area contributed by atoms with Crippen molar-refractivity contribution in [2.75, 3.05) is 6.61 Å². The molecule has 0 radical (unpaired) electrons. The Bertz CT molecular complexity index is 233. The third kappa shape index (κ3) is 3.80. The van der Waals surface area contributed by atoms with Crippen LogP contribution in [0.3, 0.4) is 0 Å². The van der Waals surface area contributed by atoms with Gasteiger partial charge in [-0.2, -0.15) is 0 Å². The highest BCUT2D eigenvalue weighted by Crippen LogP contribution is 2.28. The Morgan fingerprint density at radius 2 is 1.80 bits per heavy atom. The van der Waals surface area contributed by atoms with Gasteiger partial charge in [0.05, 0.1) is 0 Å². The maximum atomic E-state index is 11.1. The maximum absolute atomic E-state index is 11.1. The van der Waals surface area contributed by atoms with Crippen molar-refractivity contribution in [2.24, 2.45) is 0 Å². The lowest BCUT2D eigenvalue weighted by atomic mass is 9.79. The van der Waals surface area contributed by atoms with Crippen LogP contribution in [0, 0.1) is 0 Å². The highest BCUT2D eigenvalue weighted by Gasteiger charge is 2.37. The van der Waals surface area contributed by atoms with Gasteiger partial charge in [0, 0.05) is 17.1 Å². The van der Waals surface area contributed by atoms with Gasteiger partial charge >= 0.3 is 0 Å². The van der Waals surface area contributed by atoms with E-state index in [1.165, 1.54) is 0 Å². The molecule has 0 spiro atoms. The van der Waals surface area contributed by atoms with E-state index in [0.29, 0.717) is 0 Å². The van der Waals surface area contributed by atoms with Gasteiger partial charge in [0.15, 0.2) is 0 Å². The molecule has 0 aromatic heterocycles. The number of carbonyl (C=O) groups is 1. The second kappa shape index (κ2) is 4.10. The molecule has 1 heterocycles. The summed E-state index contributed by atoms with van der Waals surface area (Å²) in [5, 5.41) is 15.1. The van der Waals surface area contributed by atoms with Crippen LogP contribution < -0.4 is 10.6 Å². The minimum atomic E-state index is -0.426. The van der Waals surface area contributed by atoms with Gasteiger partial charge in [-0.05, 0) is 40.5 Å². The highest BCUT2D eigenvalue weighted by atomic mass is 16.3. The molecule has 0 atom stereocenters. The van der Waals surface area contributed by atoms with Gasteiger partial charge in [-0.15, -0.1) is 0 Å². The van der Waals surface area contributed by atoms with Gasteiger partial charge in [-0.25, -0.2) is 0 Å². The third-order valence-corrected chi connectivity index (χ3v) is 2.70. The first-order valence-corrected chi connectivity index (χ1v) is 5.44. The van der Waals surface area contributed by atoms with Crippen molar-refractivity contribution < 1.29 is 9.90 Å². The Labute approximate surface area is 91.4 Å². The van der Waals surface area contributed by atoms with Crippen LogP contribution in [0.2, 0.25) is 0 Å². The summed E-state index contributed by atoms with van der Waals surface area (Å²) in [7, 11) is 0. The molecule has 88 valence electrons. The molecule has 4 nitrogen and oxygen atoms in total. The first kappa shape index (κ1) is 12.5. The number of amides is 1. The molecule has 15 heavy (non-hydrogen) atoms. The molecule has 0 aromatic carbocycles. The minimum Gasteiger partial charge on any atom is -0.387 e. The van der Waals surface area contributed by atoms with E-state index in [4.69, 9.17) is 5.11 Å². The van der Waals surface area contributed by atoms with Crippen molar-refractivity contribution in [3.63, 3.8) is 0 Å². The van der Waals surface area contributed by atoms with Crippen LogP contribution in [0.1, 0.15) is 40.5 Å². The van der Waals surface area contributed by atoms with Gasteiger partial charge < -0.3 is 15.7 Å². The van der Waals surface area contributed by atoms with E-state index in [2.05, 4.69) is 38.3 Å². The maximum Gasteiger partial charge on any atom is 0.245 e. The summed E-state index contributed by atoms with van der Waals surface area (Å²) >= 11 is 0. The van der Waals surface area contributed by atoms with Gasteiger partial charge in [0.2, 0.25) is 5.91 Å². The van der Waals surface area contributed by atoms with Crippen molar-refractivity contribution in [1.82, 2.24) is 10.6 Å². The summed E-state index contributed by atoms with van der Waals surface area (Å²) in [6.45, 7) is 8.10. The molecule has 0 aliphatic carbocycles. The fourth-order valence-electron chi connectivity index (χ4n) is 2.70. The van der Waals surface area contributed by atoms with Crippen LogP contribution in [-0.2, 0) is 4.79 Å². The Balaban J connectivity index is 2.63. The molecule has 0 saturated carbocycles. The molecule has 0 unspecified atom stereocenters. The zero-order valence-corrected chi connectivity index (χ0v) is 10.1. The summed E-state index contributed by atoms with van der Waals surface area (Å²) < 4.78 is 0. The Kier molecular flexibility index (Phi) is 3.41. The summed E-state index contributed by atoms with van der Waals surface area (Å²) in [6, 6.07) is 0.149. The smallest absolute Gasteiger partial charge is 0.245 e. The fraction of sp³-hybridized carbons (Fsp3) is 0.909. The van der Waals surface area contributed by atoms with Crippen LogP contribution in [0.15, 0.2) is 0 Å². The van der Waals surface area contributed by atoms with Crippen LogP contribution >= 0.6 is 0 Å². The molecule has 1 amide bonds.